The molecule has 0 rings (SSSR count). The van der Waals surface area contributed by atoms with Crippen molar-refractivity contribution in [2.45, 2.75) is 52.4 Å². The second kappa shape index (κ2) is 7.58. The Morgan fingerprint density at radius 2 is 1.82 bits per heavy atom. The van der Waals surface area contributed by atoms with Gasteiger partial charge in [0, 0.05) is 0 Å². The normalized spacial score (nSPS) is 12.0. The van der Waals surface area contributed by atoms with Gasteiger partial charge < -0.3 is 5.21 Å². The van der Waals surface area contributed by atoms with Crippen molar-refractivity contribution in [2.75, 3.05) is 0 Å². The second-order valence-electron chi connectivity index (χ2n) is 3.00. The Morgan fingerprint density at radius 3 is 2.36 bits per heavy atom. The molecule has 0 spiro atoms. The summed E-state index contributed by atoms with van der Waals surface area (Å²) in [5.41, 5.74) is 0.849. The number of unbranched alkanes of at least 4 members (excludes halogenated alkanes) is 4. The first-order chi connectivity index (χ1) is 5.31. The van der Waals surface area contributed by atoms with E-state index in [1.54, 1.807) is 0 Å². The first-order valence-electron chi connectivity index (χ1n) is 4.48. The highest BCUT2D eigenvalue weighted by atomic mass is 16.4. The van der Waals surface area contributed by atoms with E-state index in [4.69, 9.17) is 5.21 Å². The summed E-state index contributed by atoms with van der Waals surface area (Å²) in [6.45, 7) is 4.07. The summed E-state index contributed by atoms with van der Waals surface area (Å²) >= 11 is 0. The van der Waals surface area contributed by atoms with Gasteiger partial charge in [0.2, 0.25) is 0 Å². The Hall–Kier alpha value is -0.530. The van der Waals surface area contributed by atoms with E-state index in [1.165, 1.54) is 25.7 Å². The molecule has 2 nitrogen and oxygen atoms in total. The summed E-state index contributed by atoms with van der Waals surface area (Å²) in [6, 6.07) is 0. The third-order valence-corrected chi connectivity index (χ3v) is 1.81. The molecule has 0 saturated carbocycles. The SMILES string of the molecule is CCCCCCC/C(C)=N/O. The van der Waals surface area contributed by atoms with E-state index >= 15 is 0 Å². The van der Waals surface area contributed by atoms with Crippen LogP contribution in [0.1, 0.15) is 52.4 Å². The number of hydrogen-bond acceptors (Lipinski definition) is 2. The molecule has 0 aromatic rings. The molecule has 0 amide bonds. The zero-order valence-electron chi connectivity index (χ0n) is 7.64. The molecule has 11 heavy (non-hydrogen) atoms. The van der Waals surface area contributed by atoms with Crippen LogP contribution in [0, 0.1) is 0 Å². The zero-order chi connectivity index (χ0) is 8.53. The van der Waals surface area contributed by atoms with Crippen molar-refractivity contribution in [1.29, 1.82) is 0 Å². The summed E-state index contributed by atoms with van der Waals surface area (Å²) in [5.74, 6) is 0. The molecular weight excluding hydrogens is 138 g/mol. The van der Waals surface area contributed by atoms with E-state index < -0.39 is 0 Å². The minimum atomic E-state index is 0.849. The van der Waals surface area contributed by atoms with Gasteiger partial charge in [-0.25, -0.2) is 0 Å². The van der Waals surface area contributed by atoms with Crippen molar-refractivity contribution in [3.63, 3.8) is 0 Å². The molecule has 0 fully saturated rings. The molecule has 0 aliphatic rings. The maximum absolute atomic E-state index is 8.33. The van der Waals surface area contributed by atoms with E-state index in [1.807, 2.05) is 6.92 Å². The monoisotopic (exact) mass is 157 g/mol. The molecule has 0 unspecified atom stereocenters. The van der Waals surface area contributed by atoms with E-state index in [2.05, 4.69) is 12.1 Å². The zero-order valence-corrected chi connectivity index (χ0v) is 7.64. The summed E-state index contributed by atoms with van der Waals surface area (Å²) in [4.78, 5) is 0. The lowest BCUT2D eigenvalue weighted by Crippen LogP contribution is -1.90. The molecule has 0 aromatic heterocycles. The average Bonchev–Trinajstić information content (AvgIpc) is 2.04. The van der Waals surface area contributed by atoms with Gasteiger partial charge in [-0.15, -0.1) is 0 Å². The van der Waals surface area contributed by atoms with Gasteiger partial charge in [0.15, 0.2) is 0 Å². The molecular formula is C9H19NO. The Morgan fingerprint density at radius 1 is 1.18 bits per heavy atom. The van der Waals surface area contributed by atoms with Crippen molar-refractivity contribution in [3.05, 3.63) is 0 Å². The quantitative estimate of drug-likeness (QED) is 0.273. The van der Waals surface area contributed by atoms with Crippen LogP contribution in [-0.2, 0) is 0 Å². The largest absolute Gasteiger partial charge is 0.411 e. The molecule has 0 bridgehead atoms. The van der Waals surface area contributed by atoms with Gasteiger partial charge >= 0.3 is 0 Å². The molecule has 1 N–H and O–H groups in total. The van der Waals surface area contributed by atoms with Crippen LogP contribution in [0.15, 0.2) is 5.16 Å². The molecule has 66 valence electrons. The van der Waals surface area contributed by atoms with Crippen LogP contribution in [0.4, 0.5) is 0 Å². The lowest BCUT2D eigenvalue weighted by molar-refractivity contribution is 0.317. The van der Waals surface area contributed by atoms with Crippen molar-refractivity contribution in [3.8, 4) is 0 Å². The van der Waals surface area contributed by atoms with Crippen LogP contribution in [0.5, 0.6) is 0 Å². The first kappa shape index (κ1) is 10.5. The smallest absolute Gasteiger partial charge is 0.0540 e. The minimum absolute atomic E-state index is 0.849. The van der Waals surface area contributed by atoms with Gasteiger partial charge in [-0.1, -0.05) is 37.8 Å². The van der Waals surface area contributed by atoms with Crippen LogP contribution in [0.3, 0.4) is 0 Å². The lowest BCUT2D eigenvalue weighted by Gasteiger charge is -1.98. The van der Waals surface area contributed by atoms with Gasteiger partial charge in [0.1, 0.15) is 0 Å². The molecule has 2 heteroatoms. The Balaban J connectivity index is 3.02. The maximum atomic E-state index is 8.33. The van der Waals surface area contributed by atoms with Gasteiger partial charge in [0.05, 0.1) is 5.71 Å². The Labute approximate surface area is 69.3 Å². The molecule has 0 aliphatic heterocycles. The molecule has 0 aromatic carbocycles. The standard InChI is InChI=1S/C9H19NO/c1-3-4-5-6-7-8-9(2)10-11/h11H,3-8H2,1-2H3/b10-9+. The first-order valence-corrected chi connectivity index (χ1v) is 4.48. The summed E-state index contributed by atoms with van der Waals surface area (Å²) < 4.78 is 0. The van der Waals surface area contributed by atoms with Crippen LogP contribution in [0.25, 0.3) is 0 Å². The fourth-order valence-corrected chi connectivity index (χ4v) is 1.03. The van der Waals surface area contributed by atoms with Crippen molar-refractivity contribution < 1.29 is 5.21 Å². The van der Waals surface area contributed by atoms with Gasteiger partial charge in [0.25, 0.3) is 0 Å². The lowest BCUT2D eigenvalue weighted by atomic mass is 10.1. The Bertz CT molecular complexity index is 110. The number of rotatable bonds is 6. The Kier molecular flexibility index (Phi) is 7.21. The molecule has 0 aliphatic carbocycles. The van der Waals surface area contributed by atoms with Crippen LogP contribution < -0.4 is 0 Å². The second-order valence-corrected chi connectivity index (χ2v) is 3.00. The van der Waals surface area contributed by atoms with Crippen molar-refractivity contribution >= 4 is 5.71 Å². The summed E-state index contributed by atoms with van der Waals surface area (Å²) in [5, 5.41) is 11.4. The van der Waals surface area contributed by atoms with Gasteiger partial charge in [-0.05, 0) is 19.8 Å². The van der Waals surface area contributed by atoms with Crippen LogP contribution in [-0.4, -0.2) is 10.9 Å². The minimum Gasteiger partial charge on any atom is -0.411 e. The van der Waals surface area contributed by atoms with Crippen molar-refractivity contribution in [1.82, 2.24) is 0 Å². The van der Waals surface area contributed by atoms with Crippen molar-refractivity contribution in [2.24, 2.45) is 5.16 Å². The third-order valence-electron chi connectivity index (χ3n) is 1.81. The average molecular weight is 157 g/mol. The summed E-state index contributed by atoms with van der Waals surface area (Å²) in [7, 11) is 0. The van der Waals surface area contributed by atoms with Gasteiger partial charge in [-0.2, -0.15) is 0 Å². The highest BCUT2D eigenvalue weighted by molar-refractivity contribution is 5.81. The van der Waals surface area contributed by atoms with E-state index in [0.29, 0.717) is 0 Å². The van der Waals surface area contributed by atoms with Crippen LogP contribution >= 0.6 is 0 Å². The molecule has 0 heterocycles. The fraction of sp³-hybridized carbons (Fsp3) is 0.889. The van der Waals surface area contributed by atoms with E-state index in [0.717, 1.165) is 18.6 Å². The molecule has 0 saturated heterocycles. The maximum Gasteiger partial charge on any atom is 0.0540 e. The topological polar surface area (TPSA) is 32.6 Å². The fourth-order valence-electron chi connectivity index (χ4n) is 1.03. The van der Waals surface area contributed by atoms with Gasteiger partial charge in [-0.3, -0.25) is 0 Å². The molecule has 0 atom stereocenters. The molecule has 0 radical (unpaired) electrons. The van der Waals surface area contributed by atoms with E-state index in [-0.39, 0.29) is 0 Å². The van der Waals surface area contributed by atoms with Crippen LogP contribution in [0.2, 0.25) is 0 Å². The highest BCUT2D eigenvalue weighted by Gasteiger charge is 1.92. The number of nitrogens with zero attached hydrogens (tertiary/aromatic N) is 1. The third kappa shape index (κ3) is 7.37. The summed E-state index contributed by atoms with van der Waals surface area (Å²) in [6.07, 6.45) is 7.30. The predicted octanol–water partition coefficient (Wildman–Crippen LogP) is 3.20. The number of hydrogen-bond donors (Lipinski definition) is 1. The van der Waals surface area contributed by atoms with E-state index in [9.17, 15) is 0 Å². The highest BCUT2D eigenvalue weighted by Crippen LogP contribution is 2.05. The number of oxime groups is 1. The predicted molar refractivity (Wildman–Crippen MR) is 48.3 cm³/mol.